The van der Waals surface area contributed by atoms with Crippen molar-refractivity contribution in [3.05, 3.63) is 29.6 Å². The van der Waals surface area contributed by atoms with Crippen molar-refractivity contribution in [2.45, 2.75) is 24.8 Å². The lowest BCUT2D eigenvalue weighted by molar-refractivity contribution is -0.169. The fourth-order valence-electron chi connectivity index (χ4n) is 2.78. The van der Waals surface area contributed by atoms with Gasteiger partial charge in [0.05, 0.1) is 5.92 Å². The molecule has 1 saturated heterocycles. The van der Waals surface area contributed by atoms with Gasteiger partial charge in [-0.25, -0.2) is 17.7 Å². The standard InChI is InChI=1S/C15H20F3N3O3S/c1-4-10-6-5-7-12(19-10)14(22)21-8-11(15(16,17)18)13(9-21)25(23,24)20(2)3/h5-7,11,13H,4,8-9H2,1-3H3/t11-,13-/m0/s1. The Labute approximate surface area is 144 Å². The van der Waals surface area contributed by atoms with Crippen LogP contribution in [-0.4, -0.2) is 67.1 Å². The molecule has 140 valence electrons. The van der Waals surface area contributed by atoms with Gasteiger partial charge in [-0.3, -0.25) is 4.79 Å². The monoisotopic (exact) mass is 379 g/mol. The number of carbonyl (C=O) groups is 1. The first-order chi connectivity index (χ1) is 11.5. The molecule has 1 aromatic rings. The number of pyridine rings is 1. The summed E-state index contributed by atoms with van der Waals surface area (Å²) in [4.78, 5) is 17.6. The van der Waals surface area contributed by atoms with E-state index in [0.717, 1.165) is 9.21 Å². The van der Waals surface area contributed by atoms with Crippen molar-refractivity contribution in [1.29, 1.82) is 0 Å². The van der Waals surface area contributed by atoms with Gasteiger partial charge >= 0.3 is 6.18 Å². The van der Waals surface area contributed by atoms with Crippen LogP contribution in [0, 0.1) is 5.92 Å². The van der Waals surface area contributed by atoms with Crippen LogP contribution in [0.15, 0.2) is 18.2 Å². The second kappa shape index (κ2) is 6.91. The summed E-state index contributed by atoms with van der Waals surface area (Å²) in [6.07, 6.45) is -4.15. The number of aryl methyl sites for hydroxylation is 1. The lowest BCUT2D eigenvalue weighted by atomic mass is 10.1. The predicted octanol–water partition coefficient (Wildman–Crippen LogP) is 1.54. The van der Waals surface area contributed by atoms with E-state index in [2.05, 4.69) is 4.98 Å². The summed E-state index contributed by atoms with van der Waals surface area (Å²) >= 11 is 0. The van der Waals surface area contributed by atoms with Crippen molar-refractivity contribution in [2.24, 2.45) is 5.92 Å². The molecule has 25 heavy (non-hydrogen) atoms. The summed E-state index contributed by atoms with van der Waals surface area (Å²) < 4.78 is 65.3. The smallest absolute Gasteiger partial charge is 0.335 e. The van der Waals surface area contributed by atoms with Gasteiger partial charge in [0.2, 0.25) is 10.0 Å². The third-order valence-electron chi connectivity index (χ3n) is 4.25. The van der Waals surface area contributed by atoms with E-state index in [1.165, 1.54) is 20.2 Å². The Morgan fingerprint density at radius 2 is 1.96 bits per heavy atom. The molecule has 0 unspecified atom stereocenters. The lowest BCUT2D eigenvalue weighted by Gasteiger charge is -2.23. The van der Waals surface area contributed by atoms with E-state index in [1.807, 2.05) is 6.92 Å². The number of rotatable bonds is 4. The van der Waals surface area contributed by atoms with Crippen LogP contribution < -0.4 is 0 Å². The van der Waals surface area contributed by atoms with Gasteiger partial charge in [-0.15, -0.1) is 0 Å². The average molecular weight is 379 g/mol. The summed E-state index contributed by atoms with van der Waals surface area (Å²) in [5, 5.41) is -1.72. The quantitative estimate of drug-likeness (QED) is 0.796. The average Bonchev–Trinajstić information content (AvgIpc) is 3.00. The molecule has 0 aliphatic carbocycles. The number of sulfonamides is 1. The molecule has 10 heteroatoms. The van der Waals surface area contributed by atoms with Crippen LogP contribution in [0.5, 0.6) is 0 Å². The summed E-state index contributed by atoms with van der Waals surface area (Å²) in [5.74, 6) is -2.82. The first kappa shape index (κ1) is 19.6. The maximum Gasteiger partial charge on any atom is 0.394 e. The van der Waals surface area contributed by atoms with Gasteiger partial charge in [0.15, 0.2) is 0 Å². The highest BCUT2D eigenvalue weighted by molar-refractivity contribution is 7.89. The Morgan fingerprint density at radius 1 is 1.32 bits per heavy atom. The minimum atomic E-state index is -4.72. The van der Waals surface area contributed by atoms with E-state index in [0.29, 0.717) is 12.1 Å². The molecule has 2 rings (SSSR count). The molecule has 1 amide bonds. The Morgan fingerprint density at radius 3 is 2.48 bits per heavy atom. The summed E-state index contributed by atoms with van der Waals surface area (Å²) in [6.45, 7) is 0.630. The van der Waals surface area contributed by atoms with E-state index in [9.17, 15) is 26.4 Å². The van der Waals surface area contributed by atoms with Crippen molar-refractivity contribution in [2.75, 3.05) is 27.2 Å². The topological polar surface area (TPSA) is 70.6 Å². The SMILES string of the molecule is CCc1cccc(C(=O)N2C[C@H](C(F)(F)F)[C@@H](S(=O)(=O)N(C)C)C2)n1. The van der Waals surface area contributed by atoms with Gasteiger partial charge in [0, 0.05) is 32.9 Å². The molecule has 0 N–H and O–H groups in total. The maximum absolute atomic E-state index is 13.3. The molecular weight excluding hydrogens is 359 g/mol. The first-order valence-electron chi connectivity index (χ1n) is 7.71. The number of carbonyl (C=O) groups excluding carboxylic acids is 1. The van der Waals surface area contributed by atoms with Crippen LogP contribution in [0.2, 0.25) is 0 Å². The van der Waals surface area contributed by atoms with Gasteiger partial charge in [-0.2, -0.15) is 13.2 Å². The van der Waals surface area contributed by atoms with Gasteiger partial charge in [0.1, 0.15) is 10.9 Å². The molecule has 0 aromatic carbocycles. The van der Waals surface area contributed by atoms with Gasteiger partial charge in [-0.1, -0.05) is 13.0 Å². The summed E-state index contributed by atoms with van der Waals surface area (Å²) in [7, 11) is -1.81. The molecule has 1 fully saturated rings. The predicted molar refractivity (Wildman–Crippen MR) is 85.5 cm³/mol. The third-order valence-corrected chi connectivity index (χ3v) is 6.51. The number of alkyl halides is 3. The van der Waals surface area contributed by atoms with E-state index < -0.39 is 46.4 Å². The third kappa shape index (κ3) is 3.95. The van der Waals surface area contributed by atoms with Crippen LogP contribution >= 0.6 is 0 Å². The zero-order valence-corrected chi connectivity index (χ0v) is 14.9. The summed E-state index contributed by atoms with van der Waals surface area (Å²) in [5.41, 5.74) is 0.651. The number of hydrogen-bond acceptors (Lipinski definition) is 4. The minimum absolute atomic E-state index is 0.0168. The second-order valence-corrected chi connectivity index (χ2v) is 8.46. The lowest BCUT2D eigenvalue weighted by Crippen LogP contribution is -2.43. The second-order valence-electron chi connectivity index (χ2n) is 6.09. The highest BCUT2D eigenvalue weighted by Gasteiger charge is 2.56. The summed E-state index contributed by atoms with van der Waals surface area (Å²) in [6, 6.07) is 4.72. The molecular formula is C15H20F3N3O3S. The fourth-order valence-corrected chi connectivity index (χ4v) is 4.35. The van der Waals surface area contributed by atoms with Gasteiger partial charge in [-0.05, 0) is 18.6 Å². The molecule has 2 atom stereocenters. The maximum atomic E-state index is 13.3. The zero-order chi connectivity index (χ0) is 19.0. The molecule has 1 aromatic heterocycles. The molecule has 2 heterocycles. The van der Waals surface area contributed by atoms with E-state index in [-0.39, 0.29) is 5.69 Å². The number of aromatic nitrogens is 1. The molecule has 0 bridgehead atoms. The molecule has 0 saturated carbocycles. The van der Waals surface area contributed by atoms with Crippen LogP contribution in [0.3, 0.4) is 0 Å². The van der Waals surface area contributed by atoms with Crippen LogP contribution in [-0.2, 0) is 16.4 Å². The first-order valence-corrected chi connectivity index (χ1v) is 9.22. The zero-order valence-electron chi connectivity index (χ0n) is 14.1. The number of hydrogen-bond donors (Lipinski definition) is 0. The van der Waals surface area contributed by atoms with E-state index in [1.54, 1.807) is 12.1 Å². The number of likely N-dealkylation sites (tertiary alicyclic amines) is 1. The Hall–Kier alpha value is -1.68. The van der Waals surface area contributed by atoms with Crippen molar-refractivity contribution < 1.29 is 26.4 Å². The molecule has 1 aliphatic heterocycles. The van der Waals surface area contributed by atoms with Gasteiger partial charge in [0.25, 0.3) is 5.91 Å². The normalized spacial score (nSPS) is 21.8. The fraction of sp³-hybridized carbons (Fsp3) is 0.600. The van der Waals surface area contributed by atoms with Gasteiger partial charge < -0.3 is 4.90 Å². The molecule has 6 nitrogen and oxygen atoms in total. The van der Waals surface area contributed by atoms with E-state index in [4.69, 9.17) is 0 Å². The number of amides is 1. The minimum Gasteiger partial charge on any atom is -0.335 e. The molecule has 0 spiro atoms. The highest BCUT2D eigenvalue weighted by Crippen LogP contribution is 2.38. The van der Waals surface area contributed by atoms with Crippen LogP contribution in [0.1, 0.15) is 23.1 Å². The number of halogens is 3. The van der Waals surface area contributed by atoms with Crippen molar-refractivity contribution in [3.63, 3.8) is 0 Å². The van der Waals surface area contributed by atoms with E-state index >= 15 is 0 Å². The van der Waals surface area contributed by atoms with Crippen molar-refractivity contribution in [1.82, 2.24) is 14.2 Å². The Kier molecular flexibility index (Phi) is 5.43. The Balaban J connectivity index is 2.34. The largest absolute Gasteiger partial charge is 0.394 e. The highest BCUT2D eigenvalue weighted by atomic mass is 32.2. The van der Waals surface area contributed by atoms with Crippen LogP contribution in [0.25, 0.3) is 0 Å². The van der Waals surface area contributed by atoms with Crippen LogP contribution in [0.4, 0.5) is 13.2 Å². The number of nitrogens with zero attached hydrogens (tertiary/aromatic N) is 3. The molecule has 1 aliphatic rings. The van der Waals surface area contributed by atoms with Crippen molar-refractivity contribution in [3.8, 4) is 0 Å². The van der Waals surface area contributed by atoms with Crippen molar-refractivity contribution >= 4 is 15.9 Å². The molecule has 0 radical (unpaired) electrons. The Bertz CT molecular complexity index is 750.